The number of carboxylic acids is 1. The van der Waals surface area contributed by atoms with Gasteiger partial charge in [0, 0.05) is 6.08 Å². The average Bonchev–Trinajstić information content (AvgIpc) is 2.35. The van der Waals surface area contributed by atoms with E-state index in [1.165, 1.54) is 0 Å². The summed E-state index contributed by atoms with van der Waals surface area (Å²) in [6.07, 6.45) is 1.48. The quantitative estimate of drug-likeness (QED) is 0.371. The maximum absolute atomic E-state index is 12.1. The first kappa shape index (κ1) is 15.2. The number of ether oxygens (including phenoxy) is 1. The number of aliphatic carboxylic acids is 1. The molecule has 0 aromatic heterocycles. The summed E-state index contributed by atoms with van der Waals surface area (Å²) in [5.41, 5.74) is -1.72. The minimum absolute atomic E-state index is 0.00600. The third-order valence-corrected chi connectivity index (χ3v) is 2.13. The van der Waals surface area contributed by atoms with Crippen LogP contribution in [0, 0.1) is 10.1 Å². The predicted octanol–water partition coefficient (Wildman–Crippen LogP) is 2.11. The van der Waals surface area contributed by atoms with Crippen LogP contribution in [0.4, 0.5) is 14.5 Å². The minimum Gasteiger partial charge on any atom is -0.478 e. The van der Waals surface area contributed by atoms with E-state index in [-0.39, 0.29) is 11.8 Å². The van der Waals surface area contributed by atoms with Crippen molar-refractivity contribution >= 4 is 24.0 Å². The first-order valence-corrected chi connectivity index (χ1v) is 4.99. The molecule has 0 bridgehead atoms. The normalized spacial score (nSPS) is 10.8. The smallest absolute Gasteiger partial charge is 0.387 e. The summed E-state index contributed by atoms with van der Waals surface area (Å²) in [7, 11) is 0. The van der Waals surface area contributed by atoms with E-state index in [2.05, 4.69) is 4.74 Å². The zero-order chi connectivity index (χ0) is 15.3. The third kappa shape index (κ3) is 3.57. The van der Waals surface area contributed by atoms with Gasteiger partial charge in [-0.15, -0.1) is 0 Å². The fourth-order valence-corrected chi connectivity index (χ4v) is 1.42. The topological polar surface area (TPSA) is 107 Å². The molecule has 0 atom stereocenters. The van der Waals surface area contributed by atoms with Crippen LogP contribution in [0.3, 0.4) is 0 Å². The number of nitrogens with zero attached hydrogens (tertiary/aromatic N) is 1. The molecule has 1 rings (SSSR count). The molecule has 9 heteroatoms. The number of carbonyl (C=O) groups excluding carboxylic acids is 1. The number of hydrogen-bond acceptors (Lipinski definition) is 5. The van der Waals surface area contributed by atoms with Gasteiger partial charge in [0.1, 0.15) is 11.3 Å². The SMILES string of the molecule is O=Cc1c(OC(F)F)ccc(/C=C/C(=O)O)c1[N+](=O)[O-]. The number of halogens is 2. The zero-order valence-electron chi connectivity index (χ0n) is 9.66. The molecule has 0 radical (unpaired) electrons. The Labute approximate surface area is 110 Å². The van der Waals surface area contributed by atoms with E-state index in [0.717, 1.165) is 18.2 Å². The van der Waals surface area contributed by atoms with E-state index >= 15 is 0 Å². The highest BCUT2D eigenvalue weighted by atomic mass is 19.3. The molecule has 0 spiro atoms. The lowest BCUT2D eigenvalue weighted by Gasteiger charge is -2.08. The van der Waals surface area contributed by atoms with Crippen LogP contribution in [-0.4, -0.2) is 28.9 Å². The van der Waals surface area contributed by atoms with E-state index in [0.29, 0.717) is 6.08 Å². The van der Waals surface area contributed by atoms with Crippen molar-refractivity contribution in [1.29, 1.82) is 0 Å². The van der Waals surface area contributed by atoms with Crippen molar-refractivity contribution in [2.45, 2.75) is 6.61 Å². The Hall–Kier alpha value is -2.84. The van der Waals surface area contributed by atoms with Crippen LogP contribution in [0.5, 0.6) is 5.75 Å². The van der Waals surface area contributed by atoms with Crippen molar-refractivity contribution in [3.8, 4) is 5.75 Å². The second-order valence-corrected chi connectivity index (χ2v) is 3.34. The van der Waals surface area contributed by atoms with E-state index in [1.807, 2.05) is 0 Å². The van der Waals surface area contributed by atoms with Gasteiger partial charge in [-0.2, -0.15) is 8.78 Å². The fraction of sp³-hybridized carbons (Fsp3) is 0.0909. The van der Waals surface area contributed by atoms with Gasteiger partial charge in [-0.1, -0.05) is 0 Å². The summed E-state index contributed by atoms with van der Waals surface area (Å²) in [5, 5.41) is 19.4. The molecule has 0 heterocycles. The Morgan fingerprint density at radius 3 is 2.55 bits per heavy atom. The Morgan fingerprint density at radius 1 is 1.45 bits per heavy atom. The number of alkyl halides is 2. The molecule has 1 N–H and O–H groups in total. The lowest BCUT2D eigenvalue weighted by atomic mass is 10.1. The largest absolute Gasteiger partial charge is 0.478 e. The Bertz CT molecular complexity index is 585. The second kappa shape index (κ2) is 6.36. The number of nitro groups is 1. The number of benzene rings is 1. The van der Waals surface area contributed by atoms with Crippen molar-refractivity contribution in [3.05, 3.63) is 39.4 Å². The third-order valence-electron chi connectivity index (χ3n) is 2.13. The van der Waals surface area contributed by atoms with Crippen molar-refractivity contribution in [2.75, 3.05) is 0 Å². The standard InChI is InChI=1S/C11H7F2NO6/c12-11(13)20-8-3-1-6(2-4-9(16)17)10(14(18)19)7(8)5-15/h1-5,11H,(H,16,17)/b4-2+. The molecule has 20 heavy (non-hydrogen) atoms. The summed E-state index contributed by atoms with van der Waals surface area (Å²) < 4.78 is 28.2. The first-order valence-electron chi connectivity index (χ1n) is 4.99. The first-order chi connectivity index (χ1) is 9.36. The maximum atomic E-state index is 12.1. The molecule has 1 aromatic carbocycles. The molecule has 7 nitrogen and oxygen atoms in total. The summed E-state index contributed by atoms with van der Waals surface area (Å²) in [6.45, 7) is -3.26. The average molecular weight is 287 g/mol. The van der Waals surface area contributed by atoms with E-state index in [4.69, 9.17) is 5.11 Å². The number of aldehydes is 1. The van der Waals surface area contributed by atoms with Crippen LogP contribution in [-0.2, 0) is 4.79 Å². The predicted molar refractivity (Wildman–Crippen MR) is 61.8 cm³/mol. The van der Waals surface area contributed by atoms with Gasteiger partial charge in [0.15, 0.2) is 6.29 Å². The Kier molecular flexibility index (Phi) is 4.84. The van der Waals surface area contributed by atoms with Crippen molar-refractivity contribution in [1.82, 2.24) is 0 Å². The molecule has 0 saturated heterocycles. The monoisotopic (exact) mass is 287 g/mol. The number of nitro benzene ring substituents is 1. The van der Waals surface area contributed by atoms with E-state index in [9.17, 15) is 28.5 Å². The van der Waals surface area contributed by atoms with Gasteiger partial charge in [-0.3, -0.25) is 14.9 Å². The molecule has 0 unspecified atom stereocenters. The molecule has 1 aromatic rings. The van der Waals surface area contributed by atoms with Crippen molar-refractivity contribution < 1.29 is 33.1 Å². The van der Waals surface area contributed by atoms with Gasteiger partial charge in [-0.25, -0.2) is 4.79 Å². The lowest BCUT2D eigenvalue weighted by molar-refractivity contribution is -0.385. The summed E-state index contributed by atoms with van der Waals surface area (Å²) in [4.78, 5) is 31.1. The summed E-state index contributed by atoms with van der Waals surface area (Å²) in [5.74, 6) is -2.02. The molecule has 0 amide bonds. The molecule has 0 aliphatic rings. The fourth-order valence-electron chi connectivity index (χ4n) is 1.42. The molecular weight excluding hydrogens is 280 g/mol. The molecule has 0 fully saturated rings. The van der Waals surface area contributed by atoms with Gasteiger partial charge in [-0.05, 0) is 18.2 Å². The maximum Gasteiger partial charge on any atom is 0.387 e. The number of rotatable bonds is 6. The van der Waals surface area contributed by atoms with Crippen LogP contribution in [0.25, 0.3) is 6.08 Å². The van der Waals surface area contributed by atoms with E-state index < -0.39 is 34.5 Å². The van der Waals surface area contributed by atoms with Gasteiger partial charge >= 0.3 is 12.6 Å². The highest BCUT2D eigenvalue weighted by Gasteiger charge is 2.24. The Morgan fingerprint density at radius 2 is 2.10 bits per heavy atom. The molecular formula is C11H7F2NO6. The number of carboxylic acid groups (broad SMARTS) is 1. The summed E-state index contributed by atoms with van der Waals surface area (Å²) >= 11 is 0. The van der Waals surface area contributed by atoms with Gasteiger partial charge in [0.2, 0.25) is 0 Å². The lowest BCUT2D eigenvalue weighted by Crippen LogP contribution is -2.07. The Balaban J connectivity index is 3.45. The van der Waals surface area contributed by atoms with Gasteiger partial charge in [0.05, 0.1) is 10.5 Å². The highest BCUT2D eigenvalue weighted by Crippen LogP contribution is 2.32. The van der Waals surface area contributed by atoms with Crippen LogP contribution in [0.15, 0.2) is 18.2 Å². The van der Waals surface area contributed by atoms with Crippen LogP contribution >= 0.6 is 0 Å². The van der Waals surface area contributed by atoms with Crippen LogP contribution < -0.4 is 4.74 Å². The van der Waals surface area contributed by atoms with Crippen molar-refractivity contribution in [3.63, 3.8) is 0 Å². The molecule has 0 aliphatic heterocycles. The van der Waals surface area contributed by atoms with Crippen LogP contribution in [0.1, 0.15) is 15.9 Å². The summed E-state index contributed by atoms with van der Waals surface area (Å²) in [6, 6.07) is 1.92. The minimum atomic E-state index is -3.26. The highest BCUT2D eigenvalue weighted by molar-refractivity contribution is 5.91. The molecule has 106 valence electrons. The zero-order valence-corrected chi connectivity index (χ0v) is 9.66. The van der Waals surface area contributed by atoms with Crippen molar-refractivity contribution in [2.24, 2.45) is 0 Å². The number of carbonyl (C=O) groups is 2. The van der Waals surface area contributed by atoms with Gasteiger partial charge in [0.25, 0.3) is 5.69 Å². The van der Waals surface area contributed by atoms with E-state index in [1.54, 1.807) is 0 Å². The molecule has 0 saturated carbocycles. The van der Waals surface area contributed by atoms with Gasteiger partial charge < -0.3 is 9.84 Å². The second-order valence-electron chi connectivity index (χ2n) is 3.34. The van der Waals surface area contributed by atoms with Crippen LogP contribution in [0.2, 0.25) is 0 Å². The molecule has 0 aliphatic carbocycles. The number of hydrogen-bond donors (Lipinski definition) is 1.